The molecule has 0 aliphatic heterocycles. The van der Waals surface area contributed by atoms with Crippen LogP contribution in [-0.4, -0.2) is 12.4 Å². The highest BCUT2D eigenvalue weighted by atomic mass is 32.1. The van der Waals surface area contributed by atoms with Crippen molar-refractivity contribution in [3.8, 4) is 5.75 Å². The van der Waals surface area contributed by atoms with E-state index in [-0.39, 0.29) is 5.84 Å². The Kier molecular flexibility index (Phi) is 3.77. The van der Waals surface area contributed by atoms with Crippen LogP contribution in [0.1, 0.15) is 11.1 Å². The third-order valence-electron chi connectivity index (χ3n) is 2.40. The highest BCUT2D eigenvalue weighted by Crippen LogP contribution is 2.13. The number of benzene rings is 1. The number of nitrogens with one attached hydrogen (secondary N) is 1. The molecular weight excluding hydrogens is 232 g/mol. The van der Waals surface area contributed by atoms with Crippen LogP contribution < -0.4 is 10.5 Å². The minimum atomic E-state index is 0.0785. The zero-order chi connectivity index (χ0) is 12.1. The Morgan fingerprint density at radius 3 is 2.59 bits per heavy atom. The molecule has 88 valence electrons. The second kappa shape index (κ2) is 5.50. The van der Waals surface area contributed by atoms with Gasteiger partial charge in [-0.2, -0.15) is 11.3 Å². The van der Waals surface area contributed by atoms with E-state index >= 15 is 0 Å². The van der Waals surface area contributed by atoms with Crippen LogP contribution in [0, 0.1) is 5.41 Å². The summed E-state index contributed by atoms with van der Waals surface area (Å²) in [7, 11) is 0. The molecule has 2 aromatic rings. The van der Waals surface area contributed by atoms with Crippen LogP contribution in [0.15, 0.2) is 41.1 Å². The lowest BCUT2D eigenvalue weighted by atomic mass is 10.2. The minimum Gasteiger partial charge on any atom is -0.493 e. The highest BCUT2D eigenvalue weighted by Gasteiger charge is 1.98. The van der Waals surface area contributed by atoms with Gasteiger partial charge in [0, 0.05) is 12.0 Å². The summed E-state index contributed by atoms with van der Waals surface area (Å²) in [5, 5.41) is 11.5. The lowest BCUT2D eigenvalue weighted by Gasteiger charge is -2.06. The number of nitrogen functional groups attached to an aromatic ring is 1. The van der Waals surface area contributed by atoms with Gasteiger partial charge >= 0.3 is 0 Å². The molecule has 0 amide bonds. The fraction of sp³-hybridized carbons (Fsp3) is 0.154. The Morgan fingerprint density at radius 1 is 1.24 bits per heavy atom. The van der Waals surface area contributed by atoms with Crippen molar-refractivity contribution < 1.29 is 4.74 Å². The zero-order valence-electron chi connectivity index (χ0n) is 9.35. The second-order valence-electron chi connectivity index (χ2n) is 3.67. The number of nitrogens with two attached hydrogens (primary N) is 1. The van der Waals surface area contributed by atoms with Gasteiger partial charge in [-0.15, -0.1) is 0 Å². The van der Waals surface area contributed by atoms with E-state index in [0.29, 0.717) is 6.61 Å². The second-order valence-corrected chi connectivity index (χ2v) is 4.45. The van der Waals surface area contributed by atoms with E-state index in [4.69, 9.17) is 15.9 Å². The molecule has 0 saturated heterocycles. The van der Waals surface area contributed by atoms with E-state index < -0.39 is 0 Å². The molecule has 0 bridgehead atoms. The summed E-state index contributed by atoms with van der Waals surface area (Å²) in [5.74, 6) is 0.889. The first-order valence-corrected chi connectivity index (χ1v) is 6.28. The zero-order valence-corrected chi connectivity index (χ0v) is 10.2. The van der Waals surface area contributed by atoms with Crippen LogP contribution >= 0.6 is 11.3 Å². The number of hydrogen-bond acceptors (Lipinski definition) is 3. The number of amidine groups is 1. The van der Waals surface area contributed by atoms with Crippen LogP contribution in [0.3, 0.4) is 0 Å². The maximum atomic E-state index is 7.28. The van der Waals surface area contributed by atoms with E-state index in [9.17, 15) is 0 Å². The summed E-state index contributed by atoms with van der Waals surface area (Å²) in [6, 6.07) is 9.37. The van der Waals surface area contributed by atoms with Crippen molar-refractivity contribution in [3.63, 3.8) is 0 Å². The Balaban J connectivity index is 1.85. The van der Waals surface area contributed by atoms with Crippen molar-refractivity contribution in [2.75, 3.05) is 6.61 Å². The van der Waals surface area contributed by atoms with E-state index in [2.05, 4.69) is 16.8 Å². The molecule has 17 heavy (non-hydrogen) atoms. The van der Waals surface area contributed by atoms with Gasteiger partial charge in [-0.25, -0.2) is 0 Å². The predicted molar refractivity (Wildman–Crippen MR) is 71.0 cm³/mol. The van der Waals surface area contributed by atoms with Crippen molar-refractivity contribution in [2.24, 2.45) is 5.73 Å². The SMILES string of the molecule is N=C(N)c1ccc(OCCc2ccsc2)cc1. The fourth-order valence-electron chi connectivity index (χ4n) is 1.45. The molecule has 0 fully saturated rings. The van der Waals surface area contributed by atoms with Gasteiger partial charge < -0.3 is 10.5 Å². The average molecular weight is 246 g/mol. The van der Waals surface area contributed by atoms with Gasteiger partial charge in [0.1, 0.15) is 11.6 Å². The van der Waals surface area contributed by atoms with Crippen molar-refractivity contribution >= 4 is 17.2 Å². The quantitative estimate of drug-likeness (QED) is 0.629. The van der Waals surface area contributed by atoms with E-state index in [1.54, 1.807) is 23.5 Å². The van der Waals surface area contributed by atoms with Crippen LogP contribution in [0.5, 0.6) is 5.75 Å². The smallest absolute Gasteiger partial charge is 0.122 e. The normalized spacial score (nSPS) is 10.1. The first-order valence-electron chi connectivity index (χ1n) is 5.34. The number of thiophene rings is 1. The van der Waals surface area contributed by atoms with Gasteiger partial charge in [0.15, 0.2) is 0 Å². The van der Waals surface area contributed by atoms with Gasteiger partial charge in [0.05, 0.1) is 6.61 Å². The number of rotatable bonds is 5. The first-order chi connectivity index (χ1) is 8.25. The Bertz CT molecular complexity index is 477. The van der Waals surface area contributed by atoms with Gasteiger partial charge in [-0.1, -0.05) is 0 Å². The topological polar surface area (TPSA) is 59.1 Å². The molecule has 0 unspecified atom stereocenters. The molecule has 1 heterocycles. The lowest BCUT2D eigenvalue weighted by Crippen LogP contribution is -2.10. The molecule has 0 saturated carbocycles. The summed E-state index contributed by atoms with van der Waals surface area (Å²) in [6.45, 7) is 0.663. The third kappa shape index (κ3) is 3.32. The van der Waals surface area contributed by atoms with E-state index in [1.165, 1.54) is 5.56 Å². The molecule has 3 nitrogen and oxygen atoms in total. The molecule has 4 heteroatoms. The number of ether oxygens (including phenoxy) is 1. The molecule has 0 aliphatic rings. The monoisotopic (exact) mass is 246 g/mol. The van der Waals surface area contributed by atoms with Gasteiger partial charge in [0.2, 0.25) is 0 Å². The maximum absolute atomic E-state index is 7.28. The summed E-state index contributed by atoms with van der Waals surface area (Å²) in [6.07, 6.45) is 0.915. The molecule has 2 rings (SSSR count). The standard InChI is InChI=1S/C13H14N2OS/c14-13(15)11-1-3-12(4-2-11)16-7-5-10-6-8-17-9-10/h1-4,6,8-9H,5,7H2,(H3,14,15). The van der Waals surface area contributed by atoms with Gasteiger partial charge in [0.25, 0.3) is 0 Å². The molecule has 1 aromatic heterocycles. The fourth-order valence-corrected chi connectivity index (χ4v) is 2.16. The molecule has 3 N–H and O–H groups in total. The summed E-state index contributed by atoms with van der Waals surface area (Å²) >= 11 is 1.70. The first kappa shape index (κ1) is 11.7. The molecule has 0 spiro atoms. The Morgan fingerprint density at radius 2 is 2.00 bits per heavy atom. The van der Waals surface area contributed by atoms with Crippen LogP contribution in [0.2, 0.25) is 0 Å². The highest BCUT2D eigenvalue weighted by molar-refractivity contribution is 7.07. The molecule has 0 atom stereocenters. The molecule has 0 aliphatic carbocycles. The number of hydrogen-bond donors (Lipinski definition) is 2. The predicted octanol–water partition coefficient (Wildman–Crippen LogP) is 2.65. The summed E-state index contributed by atoms with van der Waals surface area (Å²) < 4.78 is 5.61. The molecule has 0 radical (unpaired) electrons. The molecule has 1 aromatic carbocycles. The van der Waals surface area contributed by atoms with Crippen molar-refractivity contribution in [2.45, 2.75) is 6.42 Å². The third-order valence-corrected chi connectivity index (χ3v) is 3.14. The van der Waals surface area contributed by atoms with Crippen molar-refractivity contribution in [1.82, 2.24) is 0 Å². The minimum absolute atomic E-state index is 0.0785. The lowest BCUT2D eigenvalue weighted by molar-refractivity contribution is 0.322. The van der Waals surface area contributed by atoms with Crippen LogP contribution in [0.4, 0.5) is 0 Å². The maximum Gasteiger partial charge on any atom is 0.122 e. The van der Waals surface area contributed by atoms with Gasteiger partial charge in [-0.05, 0) is 46.7 Å². The van der Waals surface area contributed by atoms with E-state index in [0.717, 1.165) is 17.7 Å². The van der Waals surface area contributed by atoms with Crippen LogP contribution in [0.25, 0.3) is 0 Å². The molecular formula is C13H14N2OS. The van der Waals surface area contributed by atoms with Crippen molar-refractivity contribution in [1.29, 1.82) is 5.41 Å². The summed E-state index contributed by atoms with van der Waals surface area (Å²) in [4.78, 5) is 0. The van der Waals surface area contributed by atoms with Crippen molar-refractivity contribution in [3.05, 3.63) is 52.2 Å². The van der Waals surface area contributed by atoms with Gasteiger partial charge in [-0.3, -0.25) is 5.41 Å². The Labute approximate surface area is 104 Å². The van der Waals surface area contributed by atoms with E-state index in [1.807, 2.05) is 12.1 Å². The average Bonchev–Trinajstić information content (AvgIpc) is 2.83. The van der Waals surface area contributed by atoms with Crippen LogP contribution in [-0.2, 0) is 6.42 Å². The summed E-state index contributed by atoms with van der Waals surface area (Å²) in [5.41, 5.74) is 7.39. The Hall–Kier alpha value is -1.81. The largest absolute Gasteiger partial charge is 0.493 e.